The van der Waals surface area contributed by atoms with E-state index in [0.717, 1.165) is 10.9 Å². The van der Waals surface area contributed by atoms with Crippen LogP contribution in [0.2, 0.25) is 0 Å². The van der Waals surface area contributed by atoms with E-state index in [0.29, 0.717) is 11.5 Å². The number of rotatable bonds is 3. The Morgan fingerprint density at radius 2 is 2.12 bits per heavy atom. The van der Waals surface area contributed by atoms with Gasteiger partial charge in [0.05, 0.1) is 0 Å². The average Bonchev–Trinajstić information content (AvgIpc) is 2.75. The molecule has 6 heteroatoms. The van der Waals surface area contributed by atoms with Crippen LogP contribution in [0, 0.1) is 0 Å². The number of halogens is 1. The van der Waals surface area contributed by atoms with Crippen molar-refractivity contribution in [3.8, 4) is 0 Å². The summed E-state index contributed by atoms with van der Waals surface area (Å²) in [6.45, 7) is 0. The van der Waals surface area contributed by atoms with Gasteiger partial charge in [-0.05, 0) is 17.7 Å². The molecule has 0 fully saturated rings. The quantitative estimate of drug-likeness (QED) is 0.881. The van der Waals surface area contributed by atoms with Gasteiger partial charge in [0.2, 0.25) is 5.95 Å². The van der Waals surface area contributed by atoms with Crippen molar-refractivity contribution in [3.63, 3.8) is 0 Å². The zero-order chi connectivity index (χ0) is 12.3. The number of amides is 1. The van der Waals surface area contributed by atoms with Crippen LogP contribution in [0.5, 0.6) is 0 Å². The summed E-state index contributed by atoms with van der Waals surface area (Å²) in [5.74, 6) is 0.238. The van der Waals surface area contributed by atoms with Crippen molar-refractivity contribution in [1.29, 1.82) is 0 Å². The Bertz CT molecular complexity index is 521. The first-order valence-corrected chi connectivity index (χ1v) is 6.13. The minimum atomic E-state index is -0.192. The Morgan fingerprint density at radius 1 is 1.41 bits per heavy atom. The van der Waals surface area contributed by atoms with E-state index in [9.17, 15) is 4.79 Å². The molecule has 0 bridgehead atoms. The van der Waals surface area contributed by atoms with E-state index in [4.69, 9.17) is 0 Å². The maximum atomic E-state index is 11.9. The first-order valence-electron chi connectivity index (χ1n) is 5.01. The maximum absolute atomic E-state index is 11.9. The predicted molar refractivity (Wildman–Crippen MR) is 68.0 cm³/mol. The lowest BCUT2D eigenvalue weighted by Crippen LogP contribution is -2.15. The van der Waals surface area contributed by atoms with Crippen LogP contribution >= 0.6 is 15.9 Å². The van der Waals surface area contributed by atoms with Crippen LogP contribution in [0.3, 0.4) is 0 Å². The standard InChI is InChI=1S/C11H11BrN4O/c1-16-11(13-7-14-16)15-10(17)9-4-2-8(6-12)3-5-9/h2-5,7H,6H2,1H3,(H,13,14,15,17). The van der Waals surface area contributed by atoms with Crippen molar-refractivity contribution in [2.75, 3.05) is 5.32 Å². The van der Waals surface area contributed by atoms with Crippen molar-refractivity contribution in [2.45, 2.75) is 5.33 Å². The summed E-state index contributed by atoms with van der Waals surface area (Å²) in [7, 11) is 1.72. The van der Waals surface area contributed by atoms with Gasteiger partial charge in [0.1, 0.15) is 6.33 Å². The number of anilines is 1. The number of nitrogens with one attached hydrogen (secondary N) is 1. The summed E-state index contributed by atoms with van der Waals surface area (Å²) < 4.78 is 1.50. The molecule has 1 heterocycles. The van der Waals surface area contributed by atoms with Crippen molar-refractivity contribution in [3.05, 3.63) is 41.7 Å². The van der Waals surface area contributed by atoms with E-state index in [-0.39, 0.29) is 5.91 Å². The third-order valence-electron chi connectivity index (χ3n) is 2.31. The highest BCUT2D eigenvalue weighted by Crippen LogP contribution is 2.09. The molecule has 0 aliphatic rings. The largest absolute Gasteiger partial charge is 0.291 e. The van der Waals surface area contributed by atoms with Gasteiger partial charge >= 0.3 is 0 Å². The molecule has 5 nitrogen and oxygen atoms in total. The Hall–Kier alpha value is -1.69. The molecule has 0 saturated heterocycles. The van der Waals surface area contributed by atoms with Gasteiger partial charge in [0.15, 0.2) is 0 Å². The fourth-order valence-electron chi connectivity index (χ4n) is 1.33. The first-order chi connectivity index (χ1) is 8.20. The van der Waals surface area contributed by atoms with Gasteiger partial charge in [-0.1, -0.05) is 28.1 Å². The minimum absolute atomic E-state index is 0.192. The molecule has 0 saturated carbocycles. The van der Waals surface area contributed by atoms with Gasteiger partial charge in [0, 0.05) is 17.9 Å². The lowest BCUT2D eigenvalue weighted by atomic mass is 10.1. The summed E-state index contributed by atoms with van der Waals surface area (Å²) in [4.78, 5) is 15.8. The van der Waals surface area contributed by atoms with Crippen LogP contribution in [0.15, 0.2) is 30.6 Å². The van der Waals surface area contributed by atoms with Gasteiger partial charge in [-0.25, -0.2) is 4.68 Å². The molecule has 1 N–H and O–H groups in total. The topological polar surface area (TPSA) is 59.8 Å². The summed E-state index contributed by atoms with van der Waals surface area (Å²) >= 11 is 3.36. The minimum Gasteiger partial charge on any atom is -0.291 e. The number of hydrogen-bond acceptors (Lipinski definition) is 3. The average molecular weight is 295 g/mol. The second-order valence-corrected chi connectivity index (χ2v) is 4.05. The van der Waals surface area contributed by atoms with Gasteiger partial charge in [-0.3, -0.25) is 10.1 Å². The second kappa shape index (κ2) is 5.09. The Kier molecular flexibility index (Phi) is 3.53. The number of aromatic nitrogens is 3. The molecule has 0 unspecified atom stereocenters. The third-order valence-corrected chi connectivity index (χ3v) is 2.95. The van der Waals surface area contributed by atoms with Gasteiger partial charge in [-0.2, -0.15) is 10.1 Å². The molecule has 2 aromatic rings. The molecule has 1 aromatic heterocycles. The first kappa shape index (κ1) is 11.8. The second-order valence-electron chi connectivity index (χ2n) is 3.49. The van der Waals surface area contributed by atoms with Crippen LogP contribution in [-0.2, 0) is 12.4 Å². The summed E-state index contributed by atoms with van der Waals surface area (Å²) in [5, 5.41) is 7.33. The molecule has 0 spiro atoms. The highest BCUT2D eigenvalue weighted by molar-refractivity contribution is 9.08. The normalized spacial score (nSPS) is 10.2. The SMILES string of the molecule is Cn1ncnc1NC(=O)c1ccc(CBr)cc1. The molecule has 0 aliphatic carbocycles. The molecule has 0 aliphatic heterocycles. The van der Waals surface area contributed by atoms with Crippen LogP contribution in [0.1, 0.15) is 15.9 Å². The molecular formula is C11H11BrN4O. The van der Waals surface area contributed by atoms with Crippen molar-refractivity contribution < 1.29 is 4.79 Å². The number of benzene rings is 1. The molecule has 88 valence electrons. The molecular weight excluding hydrogens is 284 g/mol. The summed E-state index contributed by atoms with van der Waals surface area (Å²) in [6.07, 6.45) is 1.39. The Morgan fingerprint density at radius 3 is 2.65 bits per heavy atom. The highest BCUT2D eigenvalue weighted by atomic mass is 79.9. The van der Waals surface area contributed by atoms with Crippen LogP contribution < -0.4 is 5.32 Å². The van der Waals surface area contributed by atoms with E-state index in [1.165, 1.54) is 11.0 Å². The Balaban J connectivity index is 2.12. The number of hydrogen-bond donors (Lipinski definition) is 1. The molecule has 2 rings (SSSR count). The van der Waals surface area contributed by atoms with Crippen LogP contribution in [-0.4, -0.2) is 20.7 Å². The van der Waals surface area contributed by atoms with E-state index in [1.54, 1.807) is 19.2 Å². The summed E-state index contributed by atoms with van der Waals surface area (Å²) in [6, 6.07) is 7.37. The molecule has 1 amide bonds. The van der Waals surface area contributed by atoms with Crippen molar-refractivity contribution in [2.24, 2.45) is 7.05 Å². The smallest absolute Gasteiger partial charge is 0.258 e. The zero-order valence-corrected chi connectivity index (χ0v) is 10.8. The third kappa shape index (κ3) is 2.71. The fourth-order valence-corrected chi connectivity index (χ4v) is 1.70. The molecule has 17 heavy (non-hydrogen) atoms. The number of aryl methyl sites for hydroxylation is 1. The monoisotopic (exact) mass is 294 g/mol. The van der Waals surface area contributed by atoms with Gasteiger partial charge in [0.25, 0.3) is 5.91 Å². The number of nitrogens with zero attached hydrogens (tertiary/aromatic N) is 3. The van der Waals surface area contributed by atoms with Gasteiger partial charge < -0.3 is 0 Å². The van der Waals surface area contributed by atoms with E-state index in [1.807, 2.05) is 12.1 Å². The molecule has 1 aromatic carbocycles. The van der Waals surface area contributed by atoms with Crippen LogP contribution in [0.4, 0.5) is 5.95 Å². The highest BCUT2D eigenvalue weighted by Gasteiger charge is 2.08. The van der Waals surface area contributed by atoms with Crippen molar-refractivity contribution in [1.82, 2.24) is 14.8 Å². The van der Waals surface area contributed by atoms with E-state index in [2.05, 4.69) is 31.3 Å². The molecule has 0 atom stereocenters. The zero-order valence-electron chi connectivity index (χ0n) is 9.22. The fraction of sp³-hybridized carbons (Fsp3) is 0.182. The number of alkyl halides is 1. The summed E-state index contributed by atoms with van der Waals surface area (Å²) in [5.41, 5.74) is 1.72. The number of carbonyl (C=O) groups excluding carboxylic acids is 1. The van der Waals surface area contributed by atoms with Gasteiger partial charge in [-0.15, -0.1) is 0 Å². The predicted octanol–water partition coefficient (Wildman–Crippen LogP) is 1.96. The van der Waals surface area contributed by atoms with E-state index >= 15 is 0 Å². The Labute approximate surface area is 107 Å². The number of carbonyl (C=O) groups is 1. The molecule has 0 radical (unpaired) electrons. The van der Waals surface area contributed by atoms with E-state index < -0.39 is 0 Å². The van der Waals surface area contributed by atoms with Crippen LogP contribution in [0.25, 0.3) is 0 Å². The van der Waals surface area contributed by atoms with Crippen molar-refractivity contribution >= 4 is 27.8 Å². The lowest BCUT2D eigenvalue weighted by Gasteiger charge is -2.04. The lowest BCUT2D eigenvalue weighted by molar-refractivity contribution is 0.102. The maximum Gasteiger partial charge on any atom is 0.258 e.